The molecular weight excluding hydrogens is 467 g/mol. The second-order valence-electron chi connectivity index (χ2n) is 9.70. The van der Waals surface area contributed by atoms with Crippen LogP contribution in [0.5, 0.6) is 5.75 Å². The number of alkyl carbamates (subject to hydrolysis) is 1. The molecule has 1 spiro atoms. The van der Waals surface area contributed by atoms with Crippen LogP contribution < -0.4 is 15.5 Å². The molecule has 1 amide bonds. The van der Waals surface area contributed by atoms with Gasteiger partial charge in [-0.1, -0.05) is 30.3 Å². The maximum Gasteiger partial charge on any atom is 0.408 e. The fraction of sp³-hybridized carbons (Fsp3) is 0.370. The van der Waals surface area contributed by atoms with Gasteiger partial charge in [-0.2, -0.15) is 0 Å². The lowest BCUT2D eigenvalue weighted by Gasteiger charge is -2.32. The maximum atomic E-state index is 15.7. The molecule has 36 heavy (non-hydrogen) atoms. The first kappa shape index (κ1) is 22.6. The van der Waals surface area contributed by atoms with Crippen molar-refractivity contribution >= 4 is 23.0 Å². The third-order valence-electron chi connectivity index (χ3n) is 7.30. The molecule has 0 bridgehead atoms. The predicted octanol–water partition coefficient (Wildman–Crippen LogP) is 4.11. The van der Waals surface area contributed by atoms with Crippen LogP contribution in [0.2, 0.25) is 0 Å². The van der Waals surface area contributed by atoms with Crippen LogP contribution in [-0.2, 0) is 27.2 Å². The molecule has 2 aliphatic carbocycles. The molecule has 9 heteroatoms. The van der Waals surface area contributed by atoms with E-state index in [0.29, 0.717) is 18.4 Å². The van der Waals surface area contributed by atoms with E-state index in [4.69, 9.17) is 14.2 Å². The van der Waals surface area contributed by atoms with E-state index in [-0.39, 0.29) is 47.6 Å². The molecule has 1 aromatic heterocycles. The normalized spacial score (nSPS) is 17.8. The highest BCUT2D eigenvalue weighted by molar-refractivity contribution is 5.96. The molecule has 2 saturated carbocycles. The molecule has 2 aromatic carbocycles. The number of fused-ring (bicyclic) bond motifs is 1. The molecule has 3 aromatic rings. The van der Waals surface area contributed by atoms with Gasteiger partial charge in [0.2, 0.25) is 5.43 Å². The number of carbonyl (C=O) groups is 2. The predicted molar refractivity (Wildman–Crippen MR) is 128 cm³/mol. The average molecular weight is 493 g/mol. The van der Waals surface area contributed by atoms with E-state index in [1.165, 1.54) is 6.20 Å². The number of esters is 1. The van der Waals surface area contributed by atoms with Gasteiger partial charge in [0.05, 0.1) is 34.2 Å². The summed E-state index contributed by atoms with van der Waals surface area (Å²) < 4.78 is 34.1. The number of hydrogen-bond donors (Lipinski definition) is 1. The van der Waals surface area contributed by atoms with Crippen molar-refractivity contribution in [1.82, 2.24) is 9.88 Å². The van der Waals surface area contributed by atoms with Crippen molar-refractivity contribution in [2.75, 3.05) is 13.2 Å². The number of benzene rings is 2. The molecule has 0 radical (unpaired) electrons. The Bertz CT molecular complexity index is 1460. The number of nitrogens with one attached hydrogen (secondary N) is 1. The van der Waals surface area contributed by atoms with E-state index < -0.39 is 28.8 Å². The van der Waals surface area contributed by atoms with E-state index >= 15 is 4.39 Å². The van der Waals surface area contributed by atoms with Gasteiger partial charge in [0, 0.05) is 6.20 Å². The van der Waals surface area contributed by atoms with E-state index in [0.717, 1.165) is 24.5 Å². The fourth-order valence-corrected chi connectivity index (χ4v) is 5.06. The summed E-state index contributed by atoms with van der Waals surface area (Å²) in [5, 5.41) is 2.89. The summed E-state index contributed by atoms with van der Waals surface area (Å²) in [6, 6.07) is 10.4. The van der Waals surface area contributed by atoms with Crippen molar-refractivity contribution in [3.8, 4) is 5.75 Å². The summed E-state index contributed by atoms with van der Waals surface area (Å²) in [4.78, 5) is 38.4. The van der Waals surface area contributed by atoms with Crippen LogP contribution in [0.3, 0.4) is 0 Å². The summed E-state index contributed by atoms with van der Waals surface area (Å²) in [5.74, 6) is -1.17. The zero-order valence-electron chi connectivity index (χ0n) is 19.8. The smallest absolute Gasteiger partial charge is 0.408 e. The zero-order valence-corrected chi connectivity index (χ0v) is 19.8. The van der Waals surface area contributed by atoms with E-state index in [9.17, 15) is 14.4 Å². The Labute approximate surface area is 206 Å². The lowest BCUT2D eigenvalue weighted by Crippen LogP contribution is -2.39. The number of rotatable bonds is 6. The first-order valence-electron chi connectivity index (χ1n) is 12.1. The van der Waals surface area contributed by atoms with Gasteiger partial charge >= 0.3 is 12.1 Å². The molecule has 2 fully saturated rings. The minimum absolute atomic E-state index is 0.0604. The van der Waals surface area contributed by atoms with Crippen LogP contribution in [0.1, 0.15) is 54.1 Å². The Morgan fingerprint density at radius 1 is 1.14 bits per heavy atom. The number of nitrogens with zero attached hydrogens (tertiary/aromatic N) is 1. The third-order valence-corrected chi connectivity index (χ3v) is 7.30. The number of amides is 1. The Kier molecular flexibility index (Phi) is 5.07. The molecule has 186 valence electrons. The van der Waals surface area contributed by atoms with Crippen LogP contribution in [0, 0.1) is 5.82 Å². The van der Waals surface area contributed by atoms with Gasteiger partial charge in [0.25, 0.3) is 0 Å². The standard InChI is InChI=1S/C27H25FN2O6/c1-2-34-24(32)18-13-30-21-17(22(18)31)12-19(28)20(23(21)36-15-26(30)8-9-26)27(10-11-27)29-25(33)35-14-16-6-4-3-5-7-16/h3-7,12-13H,2,8-11,14-15H2,1H3,(H,29,33). The second kappa shape index (κ2) is 8.08. The molecule has 0 atom stereocenters. The monoisotopic (exact) mass is 492 g/mol. The van der Waals surface area contributed by atoms with E-state index in [2.05, 4.69) is 5.32 Å². The lowest BCUT2D eigenvalue weighted by atomic mass is 9.97. The average Bonchev–Trinajstić information content (AvgIpc) is 3.80. The highest BCUT2D eigenvalue weighted by Crippen LogP contribution is 2.56. The summed E-state index contributed by atoms with van der Waals surface area (Å²) >= 11 is 0. The Morgan fingerprint density at radius 2 is 1.89 bits per heavy atom. The van der Waals surface area contributed by atoms with Crippen LogP contribution in [0.15, 0.2) is 47.4 Å². The molecule has 2 heterocycles. The molecule has 0 unspecified atom stereocenters. The minimum atomic E-state index is -0.990. The number of hydrogen-bond acceptors (Lipinski definition) is 6. The van der Waals surface area contributed by atoms with Gasteiger partial charge in [-0.3, -0.25) is 4.79 Å². The van der Waals surface area contributed by atoms with Crippen LogP contribution in [-0.4, -0.2) is 29.8 Å². The quantitative estimate of drug-likeness (QED) is 0.521. The Hall–Kier alpha value is -3.88. The molecule has 6 rings (SSSR count). The van der Waals surface area contributed by atoms with Gasteiger partial charge < -0.3 is 24.1 Å². The number of pyridine rings is 1. The largest absolute Gasteiger partial charge is 0.488 e. The van der Waals surface area contributed by atoms with E-state index in [1.807, 2.05) is 34.9 Å². The second-order valence-corrected chi connectivity index (χ2v) is 9.70. The van der Waals surface area contributed by atoms with Crippen LogP contribution >= 0.6 is 0 Å². The zero-order chi connectivity index (χ0) is 25.1. The van der Waals surface area contributed by atoms with Gasteiger partial charge in [-0.25, -0.2) is 14.0 Å². The first-order valence-corrected chi connectivity index (χ1v) is 12.1. The van der Waals surface area contributed by atoms with Crippen molar-refractivity contribution in [3.63, 3.8) is 0 Å². The molecular formula is C27H25FN2O6. The molecule has 0 saturated heterocycles. The summed E-state index contributed by atoms with van der Waals surface area (Å²) in [5.41, 5.74) is -0.612. The molecule has 8 nitrogen and oxygen atoms in total. The number of ether oxygens (including phenoxy) is 3. The lowest BCUT2D eigenvalue weighted by molar-refractivity contribution is 0.0523. The molecule has 1 N–H and O–H groups in total. The van der Waals surface area contributed by atoms with Crippen LogP contribution in [0.4, 0.5) is 9.18 Å². The summed E-state index contributed by atoms with van der Waals surface area (Å²) in [6.07, 6.45) is 3.49. The van der Waals surface area contributed by atoms with Crippen molar-refractivity contribution in [2.45, 2.75) is 50.3 Å². The number of aromatic nitrogens is 1. The summed E-state index contributed by atoms with van der Waals surface area (Å²) in [7, 11) is 0. The highest BCUT2D eigenvalue weighted by atomic mass is 19.1. The number of halogens is 1. The number of carbonyl (C=O) groups excluding carboxylic acids is 2. The molecule has 3 aliphatic rings. The van der Waals surface area contributed by atoms with Crippen LogP contribution in [0.25, 0.3) is 10.9 Å². The van der Waals surface area contributed by atoms with Gasteiger partial charge in [0.1, 0.15) is 24.6 Å². The van der Waals surface area contributed by atoms with Gasteiger partial charge in [-0.15, -0.1) is 0 Å². The first-order chi connectivity index (χ1) is 17.4. The van der Waals surface area contributed by atoms with Gasteiger partial charge in [-0.05, 0) is 44.2 Å². The minimum Gasteiger partial charge on any atom is -0.488 e. The highest BCUT2D eigenvalue weighted by Gasteiger charge is 2.54. The SMILES string of the molecule is CCOC(=O)c1cn2c3c(c(C4(NC(=O)OCc5ccccc5)CC4)c(F)cc3c1=O)OCC21CC1. The topological polar surface area (TPSA) is 95.9 Å². The fourth-order valence-electron chi connectivity index (χ4n) is 5.06. The van der Waals surface area contributed by atoms with E-state index in [1.54, 1.807) is 6.92 Å². The maximum absolute atomic E-state index is 15.7. The Morgan fingerprint density at radius 3 is 2.56 bits per heavy atom. The van der Waals surface area contributed by atoms with Crippen molar-refractivity contribution in [3.05, 3.63) is 75.3 Å². The van der Waals surface area contributed by atoms with Crippen molar-refractivity contribution < 1.29 is 28.2 Å². The van der Waals surface area contributed by atoms with Gasteiger partial charge in [0.15, 0.2) is 5.75 Å². The summed E-state index contributed by atoms with van der Waals surface area (Å²) in [6.45, 7) is 2.15. The third kappa shape index (κ3) is 3.53. The molecule has 1 aliphatic heterocycles. The van der Waals surface area contributed by atoms with Crippen molar-refractivity contribution in [2.24, 2.45) is 0 Å². The Balaban J connectivity index is 1.41. The van der Waals surface area contributed by atoms with Crippen molar-refractivity contribution in [1.29, 1.82) is 0 Å².